The van der Waals surface area contributed by atoms with E-state index in [0.29, 0.717) is 25.2 Å². The highest BCUT2D eigenvalue weighted by Gasteiger charge is 2.23. The third kappa shape index (κ3) is 5.07. The van der Waals surface area contributed by atoms with Gasteiger partial charge in [0.25, 0.3) is 0 Å². The van der Waals surface area contributed by atoms with Crippen molar-refractivity contribution < 1.29 is 13.5 Å². The van der Waals surface area contributed by atoms with Crippen molar-refractivity contribution >= 4 is 10.0 Å². The fourth-order valence-electron chi connectivity index (χ4n) is 1.98. The van der Waals surface area contributed by atoms with Gasteiger partial charge in [-0.3, -0.25) is 0 Å². The van der Waals surface area contributed by atoms with Crippen LogP contribution in [0.5, 0.6) is 0 Å². The molecule has 0 bridgehead atoms. The van der Waals surface area contributed by atoms with Crippen LogP contribution in [-0.4, -0.2) is 56.5 Å². The first kappa shape index (κ1) is 18.1. The van der Waals surface area contributed by atoms with Crippen LogP contribution in [0.1, 0.15) is 31.9 Å². The number of hydrogen-bond donors (Lipinski definition) is 1. The number of likely N-dealkylation sites (N-methyl/N-ethyl adjacent to an activating group) is 1. The van der Waals surface area contributed by atoms with E-state index in [4.69, 9.17) is 0 Å². The Labute approximate surface area is 128 Å². The van der Waals surface area contributed by atoms with E-state index in [1.165, 1.54) is 4.31 Å². The first-order valence-corrected chi connectivity index (χ1v) is 8.66. The van der Waals surface area contributed by atoms with E-state index >= 15 is 0 Å². The number of hydrogen-bond acceptors (Lipinski definition) is 4. The summed E-state index contributed by atoms with van der Waals surface area (Å²) in [5.74, 6) is 0. The molecule has 0 amide bonds. The predicted molar refractivity (Wildman–Crippen MR) is 84.7 cm³/mol. The van der Waals surface area contributed by atoms with Crippen molar-refractivity contribution in [3.8, 4) is 0 Å². The number of nitrogens with zero attached hydrogens (tertiary/aromatic N) is 2. The molecule has 5 nitrogen and oxygen atoms in total. The summed E-state index contributed by atoms with van der Waals surface area (Å²) in [6.07, 6.45) is 0.181. The predicted octanol–water partition coefficient (Wildman–Crippen LogP) is 1.70. The van der Waals surface area contributed by atoms with Crippen LogP contribution in [0.15, 0.2) is 29.2 Å². The molecule has 1 aromatic carbocycles. The molecule has 1 rings (SSSR count). The van der Waals surface area contributed by atoms with Gasteiger partial charge in [0, 0.05) is 19.6 Å². The number of aliphatic hydroxyl groups is 1. The van der Waals surface area contributed by atoms with Crippen LogP contribution in [0.25, 0.3) is 0 Å². The Kier molecular flexibility index (Phi) is 6.80. The highest BCUT2D eigenvalue weighted by atomic mass is 32.2. The molecule has 21 heavy (non-hydrogen) atoms. The molecule has 0 fully saturated rings. The summed E-state index contributed by atoms with van der Waals surface area (Å²) < 4.78 is 26.8. The summed E-state index contributed by atoms with van der Waals surface area (Å²) in [7, 11) is 0.373. The average Bonchev–Trinajstić information content (AvgIpc) is 2.43. The lowest BCUT2D eigenvalue weighted by Crippen LogP contribution is -2.37. The Morgan fingerprint density at radius 3 is 2.10 bits per heavy atom. The van der Waals surface area contributed by atoms with Crippen LogP contribution in [0.4, 0.5) is 0 Å². The summed E-state index contributed by atoms with van der Waals surface area (Å²) in [5, 5.41) is 9.49. The third-order valence-corrected chi connectivity index (χ3v) is 5.18. The molecular weight excluding hydrogens is 288 g/mol. The normalized spacial score (nSPS) is 13.9. The lowest BCUT2D eigenvalue weighted by molar-refractivity contribution is 0.199. The van der Waals surface area contributed by atoms with E-state index in [2.05, 4.69) is 0 Å². The van der Waals surface area contributed by atoms with Crippen molar-refractivity contribution in [3.63, 3.8) is 0 Å². The SMILES string of the molecule is CCCN(CCN(C)C)S(=O)(=O)c1ccc(C(C)O)cc1. The molecule has 0 saturated carbocycles. The van der Waals surface area contributed by atoms with Gasteiger partial charge in [-0.1, -0.05) is 19.1 Å². The summed E-state index contributed by atoms with van der Waals surface area (Å²) in [5.41, 5.74) is 0.712. The smallest absolute Gasteiger partial charge is 0.243 e. The molecule has 1 aromatic rings. The number of rotatable bonds is 8. The van der Waals surface area contributed by atoms with E-state index in [9.17, 15) is 13.5 Å². The van der Waals surface area contributed by atoms with Crippen LogP contribution in [0.3, 0.4) is 0 Å². The Hall–Kier alpha value is -0.950. The fraction of sp³-hybridized carbons (Fsp3) is 0.600. The lowest BCUT2D eigenvalue weighted by atomic mass is 10.1. The average molecular weight is 314 g/mol. The van der Waals surface area contributed by atoms with Crippen LogP contribution in [0.2, 0.25) is 0 Å². The van der Waals surface area contributed by atoms with Crippen LogP contribution in [-0.2, 0) is 10.0 Å². The summed E-state index contributed by atoms with van der Waals surface area (Å²) in [6.45, 7) is 5.29. The number of benzene rings is 1. The van der Waals surface area contributed by atoms with Crippen molar-refractivity contribution in [2.45, 2.75) is 31.3 Å². The Balaban J connectivity index is 2.98. The molecule has 0 radical (unpaired) electrons. The second-order valence-electron chi connectivity index (χ2n) is 5.45. The van der Waals surface area contributed by atoms with Crippen LogP contribution in [0, 0.1) is 0 Å². The quantitative estimate of drug-likeness (QED) is 0.793. The molecule has 0 aromatic heterocycles. The third-order valence-electron chi connectivity index (χ3n) is 3.27. The van der Waals surface area contributed by atoms with E-state index in [1.54, 1.807) is 31.2 Å². The molecule has 0 spiro atoms. The van der Waals surface area contributed by atoms with Crippen LogP contribution >= 0.6 is 0 Å². The maximum Gasteiger partial charge on any atom is 0.243 e. The van der Waals surface area contributed by atoms with Gasteiger partial charge >= 0.3 is 0 Å². The van der Waals surface area contributed by atoms with Crippen molar-refractivity contribution in [2.24, 2.45) is 0 Å². The molecule has 6 heteroatoms. The van der Waals surface area contributed by atoms with E-state index in [-0.39, 0.29) is 4.90 Å². The molecule has 0 aliphatic heterocycles. The molecule has 0 aliphatic carbocycles. The highest BCUT2D eigenvalue weighted by molar-refractivity contribution is 7.89. The largest absolute Gasteiger partial charge is 0.389 e. The van der Waals surface area contributed by atoms with Gasteiger partial charge in [-0.05, 0) is 45.1 Å². The Morgan fingerprint density at radius 2 is 1.67 bits per heavy atom. The van der Waals surface area contributed by atoms with Gasteiger partial charge in [0.15, 0.2) is 0 Å². The molecule has 0 heterocycles. The Bertz CT molecular complexity index is 524. The Morgan fingerprint density at radius 1 is 1.10 bits per heavy atom. The molecule has 1 atom stereocenters. The van der Waals surface area contributed by atoms with Crippen molar-refractivity contribution in [2.75, 3.05) is 33.7 Å². The van der Waals surface area contributed by atoms with Crippen molar-refractivity contribution in [1.82, 2.24) is 9.21 Å². The first-order chi connectivity index (χ1) is 9.78. The zero-order chi connectivity index (χ0) is 16.0. The zero-order valence-electron chi connectivity index (χ0n) is 13.3. The van der Waals surface area contributed by atoms with Gasteiger partial charge in [-0.2, -0.15) is 4.31 Å². The van der Waals surface area contributed by atoms with E-state index < -0.39 is 16.1 Å². The topological polar surface area (TPSA) is 60.9 Å². The number of sulfonamides is 1. The second kappa shape index (κ2) is 7.89. The molecule has 1 unspecified atom stereocenters. The second-order valence-corrected chi connectivity index (χ2v) is 7.39. The highest BCUT2D eigenvalue weighted by Crippen LogP contribution is 2.19. The molecule has 1 N–H and O–H groups in total. The fourth-order valence-corrected chi connectivity index (χ4v) is 3.50. The summed E-state index contributed by atoms with van der Waals surface area (Å²) >= 11 is 0. The number of aliphatic hydroxyl groups excluding tert-OH is 1. The molecule has 120 valence electrons. The van der Waals surface area contributed by atoms with E-state index in [1.807, 2.05) is 25.9 Å². The van der Waals surface area contributed by atoms with Crippen LogP contribution < -0.4 is 0 Å². The zero-order valence-corrected chi connectivity index (χ0v) is 14.1. The van der Waals surface area contributed by atoms with Gasteiger partial charge in [0.2, 0.25) is 10.0 Å². The van der Waals surface area contributed by atoms with Gasteiger partial charge in [0.05, 0.1) is 11.0 Å². The van der Waals surface area contributed by atoms with Gasteiger partial charge in [-0.25, -0.2) is 8.42 Å². The minimum atomic E-state index is -3.48. The van der Waals surface area contributed by atoms with Gasteiger partial charge < -0.3 is 10.0 Å². The lowest BCUT2D eigenvalue weighted by Gasteiger charge is -2.23. The summed E-state index contributed by atoms with van der Waals surface area (Å²) in [6, 6.07) is 6.45. The monoisotopic (exact) mass is 314 g/mol. The minimum Gasteiger partial charge on any atom is -0.389 e. The molecule has 0 saturated heterocycles. The molecular formula is C15H26N2O3S. The van der Waals surface area contributed by atoms with Gasteiger partial charge in [0.1, 0.15) is 0 Å². The van der Waals surface area contributed by atoms with Crippen molar-refractivity contribution in [1.29, 1.82) is 0 Å². The minimum absolute atomic E-state index is 0.277. The van der Waals surface area contributed by atoms with Crippen molar-refractivity contribution in [3.05, 3.63) is 29.8 Å². The van der Waals surface area contributed by atoms with E-state index in [0.717, 1.165) is 6.42 Å². The van der Waals surface area contributed by atoms with Gasteiger partial charge in [-0.15, -0.1) is 0 Å². The first-order valence-electron chi connectivity index (χ1n) is 7.22. The standard InChI is InChI=1S/C15H26N2O3S/c1-5-10-17(12-11-16(3)4)21(19,20)15-8-6-14(7-9-15)13(2)18/h6-9,13,18H,5,10-12H2,1-4H3. The maximum atomic E-state index is 12.7. The molecule has 0 aliphatic rings. The maximum absolute atomic E-state index is 12.7. The summed E-state index contributed by atoms with van der Waals surface area (Å²) in [4.78, 5) is 2.24.